The lowest BCUT2D eigenvalue weighted by Crippen LogP contribution is -2.73. The van der Waals surface area contributed by atoms with Gasteiger partial charge in [0.25, 0.3) is 0 Å². The number of fused-ring (bicyclic) bond motifs is 1. The van der Waals surface area contributed by atoms with Crippen LogP contribution in [0.5, 0.6) is 5.75 Å². The van der Waals surface area contributed by atoms with Crippen LogP contribution < -0.4 is 15.3 Å². The van der Waals surface area contributed by atoms with Gasteiger partial charge in [0.1, 0.15) is 17.6 Å². The molecule has 6 rings (SSSR count). The van der Waals surface area contributed by atoms with E-state index < -0.39 is 5.69 Å². The van der Waals surface area contributed by atoms with E-state index >= 15 is 0 Å². The first-order valence-corrected chi connectivity index (χ1v) is 13.8. The third-order valence-corrected chi connectivity index (χ3v) is 8.15. The molecule has 42 heavy (non-hydrogen) atoms. The molecule has 1 spiro atoms. The lowest BCUT2D eigenvalue weighted by atomic mass is 9.72. The summed E-state index contributed by atoms with van der Waals surface area (Å²) in [6, 6.07) is 13.3. The SMILES string of the molecule is C=CC(=O)N1CC2(C1)CN(c1nc(=O)n(-c3c(C)ccnc3C(C)C)c3nc(-c4ccccc4OC)c(C#N)cc13)C2. The molecule has 1 amide bonds. The van der Waals surface area contributed by atoms with E-state index in [4.69, 9.17) is 9.72 Å². The number of hydrogen-bond donors (Lipinski definition) is 0. The molecular formula is C32H31N7O3. The van der Waals surface area contributed by atoms with E-state index in [2.05, 4.69) is 22.6 Å². The number of carbonyl (C=O) groups excluding carboxylic acids is 1. The van der Waals surface area contributed by atoms with Crippen molar-refractivity contribution < 1.29 is 9.53 Å². The molecule has 1 aromatic carbocycles. The smallest absolute Gasteiger partial charge is 0.355 e. The number of likely N-dealkylation sites (tertiary alicyclic amines) is 1. The van der Waals surface area contributed by atoms with Gasteiger partial charge in [-0.1, -0.05) is 32.6 Å². The molecule has 4 aromatic rings. The molecule has 0 unspecified atom stereocenters. The minimum atomic E-state index is -0.475. The van der Waals surface area contributed by atoms with Crippen LogP contribution in [0.1, 0.15) is 36.6 Å². The predicted octanol–water partition coefficient (Wildman–Crippen LogP) is 3.99. The first-order valence-electron chi connectivity index (χ1n) is 13.8. The van der Waals surface area contributed by atoms with E-state index in [0.29, 0.717) is 71.3 Å². The Balaban J connectivity index is 1.58. The summed E-state index contributed by atoms with van der Waals surface area (Å²) in [4.78, 5) is 44.0. The van der Waals surface area contributed by atoms with Gasteiger partial charge in [0.05, 0.1) is 35.1 Å². The Labute approximate surface area is 243 Å². The Kier molecular flexibility index (Phi) is 6.53. The van der Waals surface area contributed by atoms with Gasteiger partial charge in [-0.2, -0.15) is 10.2 Å². The number of rotatable bonds is 6. The van der Waals surface area contributed by atoms with Crippen LogP contribution in [0.2, 0.25) is 0 Å². The molecule has 0 N–H and O–H groups in total. The molecule has 2 saturated heterocycles. The van der Waals surface area contributed by atoms with Crippen LogP contribution in [0, 0.1) is 23.7 Å². The molecule has 0 saturated carbocycles. The third-order valence-electron chi connectivity index (χ3n) is 8.15. The van der Waals surface area contributed by atoms with Gasteiger partial charge in [-0.15, -0.1) is 0 Å². The summed E-state index contributed by atoms with van der Waals surface area (Å²) in [5, 5.41) is 10.8. The Hall–Kier alpha value is -5.04. The zero-order valence-corrected chi connectivity index (χ0v) is 24.1. The summed E-state index contributed by atoms with van der Waals surface area (Å²) in [5.41, 5.74) is 3.53. The number of anilines is 1. The molecule has 0 aliphatic carbocycles. The van der Waals surface area contributed by atoms with Gasteiger partial charge >= 0.3 is 5.69 Å². The van der Waals surface area contributed by atoms with Crippen molar-refractivity contribution in [3.05, 3.63) is 82.6 Å². The lowest BCUT2D eigenvalue weighted by molar-refractivity contribution is -0.139. The second-order valence-electron chi connectivity index (χ2n) is 11.4. The van der Waals surface area contributed by atoms with Crippen LogP contribution in [0.25, 0.3) is 28.0 Å². The van der Waals surface area contributed by atoms with E-state index in [-0.39, 0.29) is 17.2 Å². The first kappa shape index (κ1) is 27.1. The Morgan fingerprint density at radius 3 is 2.57 bits per heavy atom. The van der Waals surface area contributed by atoms with Crippen molar-refractivity contribution in [3.63, 3.8) is 0 Å². The highest BCUT2D eigenvalue weighted by Gasteiger charge is 2.53. The molecule has 2 fully saturated rings. The molecule has 0 bridgehead atoms. The molecule has 2 aliphatic heterocycles. The molecule has 10 nitrogen and oxygen atoms in total. The summed E-state index contributed by atoms with van der Waals surface area (Å²) in [6.45, 7) is 12.1. The van der Waals surface area contributed by atoms with E-state index in [1.54, 1.807) is 24.3 Å². The highest BCUT2D eigenvalue weighted by Crippen LogP contribution is 2.43. The van der Waals surface area contributed by atoms with Crippen LogP contribution >= 0.6 is 0 Å². The topological polar surface area (TPSA) is 117 Å². The molecule has 10 heteroatoms. The minimum absolute atomic E-state index is 0.0312. The van der Waals surface area contributed by atoms with Gasteiger partial charge in [0.2, 0.25) is 5.91 Å². The predicted molar refractivity (Wildman–Crippen MR) is 160 cm³/mol. The van der Waals surface area contributed by atoms with E-state index in [0.717, 1.165) is 11.3 Å². The maximum absolute atomic E-state index is 14.0. The normalized spacial score (nSPS) is 15.3. The average molecular weight is 562 g/mol. The second kappa shape index (κ2) is 10.1. The molecular weight excluding hydrogens is 530 g/mol. The zero-order chi connectivity index (χ0) is 29.8. The fourth-order valence-corrected chi connectivity index (χ4v) is 6.15. The van der Waals surface area contributed by atoms with Crippen molar-refractivity contribution in [1.82, 2.24) is 24.4 Å². The quantitative estimate of drug-likeness (QED) is 0.325. The number of hydrogen-bond acceptors (Lipinski definition) is 8. The van der Waals surface area contributed by atoms with Gasteiger partial charge in [-0.3, -0.25) is 9.78 Å². The number of benzene rings is 1. The molecule has 5 heterocycles. The Morgan fingerprint density at radius 2 is 1.90 bits per heavy atom. The summed E-state index contributed by atoms with van der Waals surface area (Å²) < 4.78 is 7.13. The van der Waals surface area contributed by atoms with Gasteiger partial charge in [0.15, 0.2) is 5.65 Å². The first-order chi connectivity index (χ1) is 20.2. The molecule has 212 valence electrons. The molecule has 0 radical (unpaired) electrons. The van der Waals surface area contributed by atoms with Crippen molar-refractivity contribution in [2.24, 2.45) is 5.41 Å². The van der Waals surface area contributed by atoms with Crippen molar-refractivity contribution in [2.45, 2.75) is 26.7 Å². The van der Waals surface area contributed by atoms with Crippen molar-refractivity contribution in [1.29, 1.82) is 5.26 Å². The Morgan fingerprint density at radius 1 is 1.17 bits per heavy atom. The van der Waals surface area contributed by atoms with Gasteiger partial charge in [-0.05, 0) is 48.7 Å². The number of nitrogens with zero attached hydrogens (tertiary/aromatic N) is 7. The van der Waals surface area contributed by atoms with Crippen LogP contribution in [0.15, 0.2) is 60.0 Å². The number of aryl methyl sites for hydroxylation is 1. The fourth-order valence-electron chi connectivity index (χ4n) is 6.15. The number of methoxy groups -OCH3 is 1. The van der Waals surface area contributed by atoms with Crippen molar-refractivity contribution in [2.75, 3.05) is 38.2 Å². The number of nitriles is 1. The van der Waals surface area contributed by atoms with Gasteiger partial charge in [0, 0.05) is 43.4 Å². The maximum Gasteiger partial charge on any atom is 0.355 e. The third kappa shape index (κ3) is 4.20. The number of amides is 1. The largest absolute Gasteiger partial charge is 0.496 e. The van der Waals surface area contributed by atoms with E-state index in [1.165, 1.54) is 10.6 Å². The highest BCUT2D eigenvalue weighted by molar-refractivity contribution is 5.93. The zero-order valence-electron chi connectivity index (χ0n) is 24.1. The van der Waals surface area contributed by atoms with Crippen LogP contribution in [-0.2, 0) is 4.79 Å². The van der Waals surface area contributed by atoms with Crippen molar-refractivity contribution in [3.8, 4) is 28.8 Å². The van der Waals surface area contributed by atoms with Crippen LogP contribution in [0.3, 0.4) is 0 Å². The summed E-state index contributed by atoms with van der Waals surface area (Å²) >= 11 is 0. The summed E-state index contributed by atoms with van der Waals surface area (Å²) in [7, 11) is 1.57. The molecule has 2 aliphatic rings. The van der Waals surface area contributed by atoms with E-state index in [9.17, 15) is 14.9 Å². The number of aromatic nitrogens is 4. The number of pyridine rings is 2. The molecule has 0 atom stereocenters. The lowest BCUT2D eigenvalue weighted by Gasteiger charge is -2.60. The number of para-hydroxylation sites is 1. The van der Waals surface area contributed by atoms with Gasteiger partial charge < -0.3 is 14.5 Å². The monoisotopic (exact) mass is 561 g/mol. The standard InChI is InChI=1S/C32H31N7O3/c1-6-25(40)37-15-32(16-37)17-38(18-32)29-23-13-21(14-33)27(22-9-7-8-10-24(22)42-5)35-30(23)39(31(41)36-29)28-20(4)11-12-34-26(28)19(2)3/h6-13,19H,1,15-18H2,2-5H3. The maximum atomic E-state index is 14.0. The van der Waals surface area contributed by atoms with Crippen LogP contribution in [-0.4, -0.2) is 63.6 Å². The summed E-state index contributed by atoms with van der Waals surface area (Å²) in [5.74, 6) is 1.000. The minimum Gasteiger partial charge on any atom is -0.496 e. The van der Waals surface area contributed by atoms with Crippen LogP contribution in [0.4, 0.5) is 5.82 Å². The number of carbonyl (C=O) groups is 1. The fraction of sp³-hybridized carbons (Fsp3) is 0.312. The Bertz CT molecular complexity index is 1860. The highest BCUT2D eigenvalue weighted by atomic mass is 16.5. The molecule has 3 aromatic heterocycles. The number of ether oxygens (including phenoxy) is 1. The van der Waals surface area contributed by atoms with Gasteiger partial charge in [-0.25, -0.2) is 14.3 Å². The van der Waals surface area contributed by atoms with Crippen molar-refractivity contribution >= 4 is 22.8 Å². The second-order valence-corrected chi connectivity index (χ2v) is 11.4. The van der Waals surface area contributed by atoms with E-state index in [1.807, 2.05) is 56.0 Å². The average Bonchev–Trinajstić information content (AvgIpc) is 2.95. The summed E-state index contributed by atoms with van der Waals surface area (Å²) in [6.07, 6.45) is 3.07.